The molecule has 0 unspecified atom stereocenters. The molecule has 2 heterocycles. The molecular formula is C44H27BO2. The first-order valence-corrected chi connectivity index (χ1v) is 16.1. The molecule has 0 radical (unpaired) electrons. The fraction of sp³-hybridized carbons (Fsp3) is 0. The van der Waals surface area contributed by atoms with Gasteiger partial charge in [0.2, 0.25) is 0 Å². The Morgan fingerprint density at radius 3 is 1.47 bits per heavy atom. The molecule has 0 atom stereocenters. The maximum absolute atomic E-state index is 6.69. The standard InChI is InChI=1S/C44H27BO2/c1-2-11-28(12-3-1)29-21-23-30(24-22-29)42-32-13-4-6-15-34(32)43(35-16-7-5-14-33(35)42)31-25-26-37-41(27-31)47-40-20-10-19-39-44(40)45(37)36-17-8-9-18-38(36)46-39/h1-27H. The monoisotopic (exact) mass is 598 g/mol. The number of benzene rings is 8. The van der Waals surface area contributed by atoms with Crippen molar-refractivity contribution in [1.82, 2.24) is 0 Å². The molecule has 218 valence electrons. The molecule has 47 heavy (non-hydrogen) atoms. The Hall–Kier alpha value is -6.06. The molecule has 0 bridgehead atoms. The number of fused-ring (bicyclic) bond motifs is 6. The van der Waals surface area contributed by atoms with Crippen LogP contribution in [0.1, 0.15) is 0 Å². The van der Waals surface area contributed by atoms with Crippen molar-refractivity contribution < 1.29 is 9.47 Å². The van der Waals surface area contributed by atoms with Gasteiger partial charge in [-0.25, -0.2) is 0 Å². The van der Waals surface area contributed by atoms with Crippen LogP contribution in [0.4, 0.5) is 0 Å². The van der Waals surface area contributed by atoms with Crippen molar-refractivity contribution in [3.63, 3.8) is 0 Å². The highest BCUT2D eigenvalue weighted by atomic mass is 16.5. The Kier molecular flexibility index (Phi) is 5.70. The summed E-state index contributed by atoms with van der Waals surface area (Å²) in [5, 5.41) is 4.92. The molecule has 0 saturated carbocycles. The van der Waals surface area contributed by atoms with Crippen molar-refractivity contribution in [3.8, 4) is 56.4 Å². The predicted molar refractivity (Wildman–Crippen MR) is 195 cm³/mol. The number of rotatable bonds is 3. The Bertz CT molecular complexity index is 2460. The zero-order valence-electron chi connectivity index (χ0n) is 25.5. The molecule has 2 aliphatic heterocycles. The van der Waals surface area contributed by atoms with E-state index in [-0.39, 0.29) is 6.71 Å². The minimum atomic E-state index is 0.0543. The van der Waals surface area contributed by atoms with Crippen LogP contribution in [0.2, 0.25) is 0 Å². The number of para-hydroxylation sites is 1. The van der Waals surface area contributed by atoms with Gasteiger partial charge in [-0.3, -0.25) is 0 Å². The van der Waals surface area contributed by atoms with Gasteiger partial charge >= 0.3 is 0 Å². The average molecular weight is 599 g/mol. The summed E-state index contributed by atoms with van der Waals surface area (Å²) in [6.45, 7) is 0.0543. The SMILES string of the molecule is c1ccc(-c2ccc(-c3c4ccccc4c(-c4ccc5c(c4)Oc4cccc6c4B5c4ccccc4O6)c4ccccc34)cc2)cc1. The van der Waals surface area contributed by atoms with Gasteiger partial charge in [0.05, 0.1) is 0 Å². The highest BCUT2D eigenvalue weighted by Crippen LogP contribution is 2.45. The lowest BCUT2D eigenvalue weighted by Gasteiger charge is -2.33. The molecule has 8 aromatic carbocycles. The number of hydrogen-bond acceptors (Lipinski definition) is 2. The first-order chi connectivity index (χ1) is 23.3. The van der Waals surface area contributed by atoms with Gasteiger partial charge in [0.25, 0.3) is 6.71 Å². The smallest absolute Gasteiger partial charge is 0.260 e. The Labute approximate surface area is 273 Å². The largest absolute Gasteiger partial charge is 0.458 e. The third kappa shape index (κ3) is 4.00. The Morgan fingerprint density at radius 2 is 0.787 bits per heavy atom. The highest BCUT2D eigenvalue weighted by Gasteiger charge is 2.39. The van der Waals surface area contributed by atoms with Crippen molar-refractivity contribution in [1.29, 1.82) is 0 Å². The number of hydrogen-bond donors (Lipinski definition) is 0. The second-order valence-electron chi connectivity index (χ2n) is 12.4. The van der Waals surface area contributed by atoms with Gasteiger partial charge < -0.3 is 9.47 Å². The van der Waals surface area contributed by atoms with Gasteiger partial charge in [0.15, 0.2) is 0 Å². The lowest BCUT2D eigenvalue weighted by atomic mass is 9.35. The van der Waals surface area contributed by atoms with E-state index >= 15 is 0 Å². The van der Waals surface area contributed by atoms with Gasteiger partial charge in [0.1, 0.15) is 23.0 Å². The van der Waals surface area contributed by atoms with Crippen LogP contribution in [-0.4, -0.2) is 6.71 Å². The van der Waals surface area contributed by atoms with Crippen LogP contribution in [0.25, 0.3) is 54.9 Å². The highest BCUT2D eigenvalue weighted by molar-refractivity contribution is 6.98. The topological polar surface area (TPSA) is 18.5 Å². The van der Waals surface area contributed by atoms with Gasteiger partial charge in [-0.1, -0.05) is 140 Å². The van der Waals surface area contributed by atoms with Crippen molar-refractivity contribution in [2.75, 3.05) is 0 Å². The van der Waals surface area contributed by atoms with Crippen molar-refractivity contribution in [2.24, 2.45) is 0 Å². The lowest BCUT2D eigenvalue weighted by molar-refractivity contribution is 0.464. The van der Waals surface area contributed by atoms with Crippen LogP contribution in [-0.2, 0) is 0 Å². The zero-order chi connectivity index (χ0) is 30.9. The summed E-state index contributed by atoms with van der Waals surface area (Å²) in [4.78, 5) is 0. The molecule has 3 heteroatoms. The minimum absolute atomic E-state index is 0.0543. The summed E-state index contributed by atoms with van der Waals surface area (Å²) in [6.07, 6.45) is 0. The molecule has 0 spiro atoms. The second-order valence-corrected chi connectivity index (χ2v) is 12.4. The van der Waals surface area contributed by atoms with Gasteiger partial charge in [-0.2, -0.15) is 0 Å². The molecule has 2 nitrogen and oxygen atoms in total. The van der Waals surface area contributed by atoms with Crippen LogP contribution in [0.3, 0.4) is 0 Å². The molecule has 0 aromatic heterocycles. The fourth-order valence-corrected chi connectivity index (χ4v) is 7.74. The summed E-state index contributed by atoms with van der Waals surface area (Å²) in [6, 6.07) is 58.5. The molecular weight excluding hydrogens is 571 g/mol. The quantitative estimate of drug-likeness (QED) is 0.149. The van der Waals surface area contributed by atoms with E-state index in [0.29, 0.717) is 0 Å². The first kappa shape index (κ1) is 26.2. The second kappa shape index (κ2) is 10.2. The van der Waals surface area contributed by atoms with Crippen LogP contribution in [0.5, 0.6) is 23.0 Å². The van der Waals surface area contributed by atoms with Crippen LogP contribution in [0, 0.1) is 0 Å². The number of ether oxygens (including phenoxy) is 2. The van der Waals surface area contributed by atoms with E-state index < -0.39 is 0 Å². The van der Waals surface area contributed by atoms with E-state index in [1.807, 2.05) is 18.2 Å². The third-order valence-corrected chi connectivity index (χ3v) is 9.81. The van der Waals surface area contributed by atoms with Crippen LogP contribution >= 0.6 is 0 Å². The first-order valence-electron chi connectivity index (χ1n) is 16.1. The Balaban J connectivity index is 1.17. The van der Waals surface area contributed by atoms with Crippen molar-refractivity contribution in [2.45, 2.75) is 0 Å². The molecule has 8 aromatic rings. The van der Waals surface area contributed by atoms with Crippen LogP contribution < -0.4 is 25.9 Å². The molecule has 0 N–H and O–H groups in total. The van der Waals surface area contributed by atoms with Crippen molar-refractivity contribution in [3.05, 3.63) is 164 Å². The van der Waals surface area contributed by atoms with Gasteiger partial charge in [0, 0.05) is 5.46 Å². The maximum atomic E-state index is 6.69. The maximum Gasteiger partial charge on any atom is 0.260 e. The predicted octanol–water partition coefficient (Wildman–Crippen LogP) is 9.72. The average Bonchev–Trinajstić information content (AvgIpc) is 3.14. The van der Waals surface area contributed by atoms with E-state index in [9.17, 15) is 0 Å². The third-order valence-electron chi connectivity index (χ3n) is 9.81. The molecule has 0 fully saturated rings. The molecule has 2 aliphatic rings. The minimum Gasteiger partial charge on any atom is -0.458 e. The van der Waals surface area contributed by atoms with Crippen molar-refractivity contribution >= 4 is 44.6 Å². The Morgan fingerprint density at radius 1 is 0.319 bits per heavy atom. The van der Waals surface area contributed by atoms with E-state index in [0.717, 1.165) is 39.5 Å². The molecule has 0 aliphatic carbocycles. The summed E-state index contributed by atoms with van der Waals surface area (Å²) in [7, 11) is 0. The summed E-state index contributed by atoms with van der Waals surface area (Å²) in [5.74, 6) is 3.52. The van der Waals surface area contributed by atoms with E-state index in [2.05, 4.69) is 146 Å². The zero-order valence-corrected chi connectivity index (χ0v) is 25.5. The molecule has 0 saturated heterocycles. The fourth-order valence-electron chi connectivity index (χ4n) is 7.74. The summed E-state index contributed by atoms with van der Waals surface area (Å²) in [5.41, 5.74) is 10.7. The van der Waals surface area contributed by atoms with Crippen LogP contribution in [0.15, 0.2) is 164 Å². The summed E-state index contributed by atoms with van der Waals surface area (Å²) >= 11 is 0. The molecule has 10 rings (SSSR count). The van der Waals surface area contributed by atoms with Gasteiger partial charge in [-0.15, -0.1) is 0 Å². The normalized spacial score (nSPS) is 12.6. The lowest BCUT2D eigenvalue weighted by Crippen LogP contribution is -2.57. The molecule has 0 amide bonds. The van der Waals surface area contributed by atoms with Gasteiger partial charge in [-0.05, 0) is 90.1 Å². The van der Waals surface area contributed by atoms with E-state index in [1.54, 1.807) is 0 Å². The summed E-state index contributed by atoms with van der Waals surface area (Å²) < 4.78 is 13.0. The van der Waals surface area contributed by atoms with E-state index in [1.165, 1.54) is 54.8 Å². The van der Waals surface area contributed by atoms with E-state index in [4.69, 9.17) is 9.47 Å².